The Labute approximate surface area is 170 Å². The van der Waals surface area contributed by atoms with Crippen LogP contribution in [0.3, 0.4) is 0 Å². The molecule has 1 aromatic carbocycles. The highest BCUT2D eigenvalue weighted by molar-refractivity contribution is 7.93. The summed E-state index contributed by atoms with van der Waals surface area (Å²) in [6, 6.07) is 4.44. The lowest BCUT2D eigenvalue weighted by atomic mass is 10.1. The first-order valence-electron chi connectivity index (χ1n) is 8.37. The van der Waals surface area contributed by atoms with Crippen LogP contribution in [0.25, 0.3) is 0 Å². The topological polar surface area (TPSA) is 142 Å². The molecule has 0 saturated heterocycles. The molecule has 0 saturated carbocycles. The van der Waals surface area contributed by atoms with Gasteiger partial charge in [-0.05, 0) is 32.4 Å². The third-order valence-corrected chi connectivity index (χ3v) is 6.32. The molecule has 1 N–H and O–H groups in total. The van der Waals surface area contributed by atoms with E-state index in [-0.39, 0.29) is 39.1 Å². The van der Waals surface area contributed by atoms with Crippen LogP contribution in [0.1, 0.15) is 39.4 Å². The van der Waals surface area contributed by atoms with Crippen molar-refractivity contribution >= 4 is 44.0 Å². The number of nitrogens with zero attached hydrogens (tertiary/aromatic N) is 1. The predicted octanol–water partition coefficient (Wildman–Crippen LogP) is 3.12. The third kappa shape index (κ3) is 4.90. The highest BCUT2D eigenvalue weighted by Gasteiger charge is 2.29. The van der Waals surface area contributed by atoms with Crippen LogP contribution in [0.2, 0.25) is 0 Å². The Kier molecular flexibility index (Phi) is 6.93. The van der Waals surface area contributed by atoms with Crippen molar-refractivity contribution in [2.75, 3.05) is 17.9 Å². The predicted molar refractivity (Wildman–Crippen MR) is 105 cm³/mol. The number of rotatable bonds is 8. The van der Waals surface area contributed by atoms with Gasteiger partial charge >= 0.3 is 11.9 Å². The number of nitro groups is 1. The van der Waals surface area contributed by atoms with Gasteiger partial charge in [-0.3, -0.25) is 14.8 Å². The Morgan fingerprint density at radius 1 is 1.17 bits per heavy atom. The Bertz CT molecular complexity index is 1060. The number of thiophene rings is 1. The van der Waals surface area contributed by atoms with Gasteiger partial charge in [-0.15, -0.1) is 11.3 Å². The number of benzene rings is 1. The van der Waals surface area contributed by atoms with Crippen molar-refractivity contribution in [2.24, 2.45) is 0 Å². The van der Waals surface area contributed by atoms with E-state index < -0.39 is 32.6 Å². The first kappa shape index (κ1) is 22.3. The Hall–Kier alpha value is -2.99. The molecule has 0 unspecified atom stereocenters. The van der Waals surface area contributed by atoms with E-state index in [0.29, 0.717) is 0 Å². The lowest BCUT2D eigenvalue weighted by Crippen LogP contribution is -2.15. The van der Waals surface area contributed by atoms with Crippen LogP contribution in [0.15, 0.2) is 29.2 Å². The number of nitro benzene ring substituents is 1. The zero-order chi connectivity index (χ0) is 21.8. The SMILES string of the molecule is CCOC(=O)c1sc(NS(=O)(=O)c2cccc([N+](=O)[O-])c2)c(C(=O)OCC)c1C. The molecule has 10 nitrogen and oxygen atoms in total. The number of non-ortho nitro benzene ring substituents is 1. The molecule has 0 radical (unpaired) electrons. The lowest BCUT2D eigenvalue weighted by Gasteiger charge is -2.09. The Morgan fingerprint density at radius 2 is 1.79 bits per heavy atom. The van der Waals surface area contributed by atoms with Crippen molar-refractivity contribution in [1.82, 2.24) is 0 Å². The smallest absolute Gasteiger partial charge is 0.348 e. The monoisotopic (exact) mass is 442 g/mol. The summed E-state index contributed by atoms with van der Waals surface area (Å²) in [5.74, 6) is -1.52. The zero-order valence-corrected chi connectivity index (χ0v) is 17.4. The van der Waals surface area contributed by atoms with Crippen LogP contribution in [-0.4, -0.2) is 38.5 Å². The first-order chi connectivity index (χ1) is 13.6. The van der Waals surface area contributed by atoms with Crippen molar-refractivity contribution in [3.63, 3.8) is 0 Å². The fourth-order valence-corrected chi connectivity index (χ4v) is 4.80. The Balaban J connectivity index is 2.53. The maximum atomic E-state index is 12.7. The van der Waals surface area contributed by atoms with Crippen molar-refractivity contribution in [1.29, 1.82) is 0 Å². The second kappa shape index (κ2) is 9.01. The van der Waals surface area contributed by atoms with Crippen molar-refractivity contribution in [3.8, 4) is 0 Å². The maximum Gasteiger partial charge on any atom is 0.348 e. The van der Waals surface area contributed by atoms with Crippen LogP contribution in [0.4, 0.5) is 10.7 Å². The van der Waals surface area contributed by atoms with Crippen LogP contribution in [-0.2, 0) is 19.5 Å². The van der Waals surface area contributed by atoms with Gasteiger partial charge in [0.2, 0.25) is 0 Å². The Morgan fingerprint density at radius 3 is 2.38 bits per heavy atom. The second-order valence-corrected chi connectivity index (χ2v) is 8.26. The molecule has 0 aliphatic heterocycles. The average molecular weight is 442 g/mol. The van der Waals surface area contributed by atoms with Crippen LogP contribution in [0, 0.1) is 17.0 Å². The van der Waals surface area contributed by atoms with Gasteiger partial charge in [0.15, 0.2) is 0 Å². The molecule has 0 atom stereocenters. The summed E-state index contributed by atoms with van der Waals surface area (Å²) in [5, 5.41) is 10.8. The van der Waals surface area contributed by atoms with Gasteiger partial charge in [0.05, 0.1) is 28.6 Å². The number of esters is 2. The number of anilines is 1. The van der Waals surface area contributed by atoms with Gasteiger partial charge < -0.3 is 9.47 Å². The van der Waals surface area contributed by atoms with E-state index in [1.807, 2.05) is 0 Å². The molecule has 0 fully saturated rings. The molecule has 2 aromatic rings. The molecule has 0 aliphatic carbocycles. The van der Waals surface area contributed by atoms with Gasteiger partial charge in [-0.25, -0.2) is 18.0 Å². The summed E-state index contributed by atoms with van der Waals surface area (Å²) < 4.78 is 37.6. The van der Waals surface area contributed by atoms with Gasteiger partial charge in [0.1, 0.15) is 9.88 Å². The molecule has 0 aliphatic rings. The van der Waals surface area contributed by atoms with Crippen molar-refractivity contribution < 1.29 is 32.4 Å². The fraction of sp³-hybridized carbons (Fsp3) is 0.294. The minimum atomic E-state index is -4.29. The van der Waals surface area contributed by atoms with E-state index in [2.05, 4.69) is 4.72 Å². The molecule has 156 valence electrons. The molecular weight excluding hydrogens is 424 g/mol. The number of ether oxygens (including phenoxy) is 2. The number of carbonyl (C=O) groups is 2. The molecule has 1 aromatic heterocycles. The zero-order valence-electron chi connectivity index (χ0n) is 15.8. The first-order valence-corrected chi connectivity index (χ1v) is 10.7. The molecule has 1 heterocycles. The summed E-state index contributed by atoms with van der Waals surface area (Å²) in [6.45, 7) is 4.80. The molecular formula is C17H18N2O8S2. The van der Waals surface area contributed by atoms with E-state index in [9.17, 15) is 28.1 Å². The molecule has 12 heteroatoms. The lowest BCUT2D eigenvalue weighted by molar-refractivity contribution is -0.385. The summed E-state index contributed by atoms with van der Waals surface area (Å²) in [7, 11) is -4.29. The third-order valence-electron chi connectivity index (χ3n) is 3.65. The molecule has 0 bridgehead atoms. The van der Waals surface area contributed by atoms with Gasteiger partial charge in [-0.2, -0.15) is 0 Å². The minimum absolute atomic E-state index is 0.0416. The van der Waals surface area contributed by atoms with Crippen LogP contribution >= 0.6 is 11.3 Å². The summed E-state index contributed by atoms with van der Waals surface area (Å²) in [4.78, 5) is 34.4. The molecule has 29 heavy (non-hydrogen) atoms. The highest BCUT2D eigenvalue weighted by Crippen LogP contribution is 2.36. The number of hydrogen-bond donors (Lipinski definition) is 1. The molecule has 2 rings (SSSR count). The minimum Gasteiger partial charge on any atom is -0.462 e. The van der Waals surface area contributed by atoms with Crippen LogP contribution in [0.5, 0.6) is 0 Å². The number of carbonyl (C=O) groups excluding carboxylic acids is 2. The van der Waals surface area contributed by atoms with Gasteiger partial charge in [-0.1, -0.05) is 6.07 Å². The van der Waals surface area contributed by atoms with E-state index in [1.54, 1.807) is 13.8 Å². The summed E-state index contributed by atoms with van der Waals surface area (Å²) >= 11 is 0.721. The van der Waals surface area contributed by atoms with Crippen molar-refractivity contribution in [2.45, 2.75) is 25.7 Å². The van der Waals surface area contributed by atoms with Crippen LogP contribution < -0.4 is 4.72 Å². The van der Waals surface area contributed by atoms with E-state index >= 15 is 0 Å². The van der Waals surface area contributed by atoms with E-state index in [0.717, 1.165) is 23.5 Å². The van der Waals surface area contributed by atoms with Gasteiger partial charge in [0.25, 0.3) is 15.7 Å². The van der Waals surface area contributed by atoms with E-state index in [4.69, 9.17) is 9.47 Å². The quantitative estimate of drug-likeness (QED) is 0.373. The van der Waals surface area contributed by atoms with E-state index in [1.165, 1.54) is 19.1 Å². The normalized spacial score (nSPS) is 11.0. The average Bonchev–Trinajstić information content (AvgIpc) is 2.97. The largest absolute Gasteiger partial charge is 0.462 e. The number of sulfonamides is 1. The standard InChI is InChI=1S/C17H18N2O8S2/c1-4-26-16(20)13-10(3)14(17(21)27-5-2)28-15(13)18-29(24,25)12-8-6-7-11(9-12)19(22)23/h6-9,18H,4-5H2,1-3H3. The maximum absolute atomic E-state index is 12.7. The second-order valence-electron chi connectivity index (χ2n) is 5.56. The number of nitrogens with one attached hydrogen (secondary N) is 1. The van der Waals surface area contributed by atoms with Gasteiger partial charge in [0, 0.05) is 12.1 Å². The molecule has 0 amide bonds. The number of hydrogen-bond acceptors (Lipinski definition) is 9. The van der Waals surface area contributed by atoms with Crippen molar-refractivity contribution in [3.05, 3.63) is 50.4 Å². The highest BCUT2D eigenvalue weighted by atomic mass is 32.2. The fourth-order valence-electron chi connectivity index (χ4n) is 2.37. The summed E-state index contributed by atoms with van der Waals surface area (Å²) in [5.41, 5.74) is -0.314. The molecule has 0 spiro atoms. The summed E-state index contributed by atoms with van der Waals surface area (Å²) in [6.07, 6.45) is 0.